The van der Waals surface area contributed by atoms with Crippen LogP contribution in [-0.4, -0.2) is 26.9 Å². The van der Waals surface area contributed by atoms with Gasteiger partial charge in [-0.15, -0.1) is 22.7 Å². The van der Waals surface area contributed by atoms with Gasteiger partial charge in [-0.3, -0.25) is 14.5 Å². The molecule has 0 spiro atoms. The minimum atomic E-state index is -0.876. The van der Waals surface area contributed by atoms with Crippen molar-refractivity contribution in [2.75, 3.05) is 4.90 Å². The molecule has 4 rings (SSSR count). The Morgan fingerprint density at radius 3 is 2.57 bits per heavy atom. The Balaban J connectivity index is 1.90. The first kappa shape index (κ1) is 18.4. The van der Waals surface area contributed by atoms with Crippen molar-refractivity contribution in [3.05, 3.63) is 74.1 Å². The van der Waals surface area contributed by atoms with Crippen LogP contribution in [0.3, 0.4) is 0 Å². The number of phenolic OH excluding ortho intramolecular Hbond substituents is 1. The van der Waals surface area contributed by atoms with Gasteiger partial charge in [0.15, 0.2) is 10.9 Å². The molecule has 0 saturated carbocycles. The molecule has 142 valence electrons. The monoisotopic (exact) mass is 412 g/mol. The third kappa shape index (κ3) is 2.90. The Morgan fingerprint density at radius 2 is 1.96 bits per heavy atom. The number of hydrogen-bond acceptors (Lipinski definition) is 7. The molecule has 3 heterocycles. The van der Waals surface area contributed by atoms with Crippen molar-refractivity contribution < 1.29 is 19.8 Å². The van der Waals surface area contributed by atoms with Crippen LogP contribution in [0.1, 0.15) is 31.8 Å². The van der Waals surface area contributed by atoms with Crippen molar-refractivity contribution in [2.24, 2.45) is 0 Å². The third-order valence-electron chi connectivity index (χ3n) is 4.61. The zero-order chi connectivity index (χ0) is 20.0. The van der Waals surface area contributed by atoms with Gasteiger partial charge in [0.2, 0.25) is 5.78 Å². The average Bonchev–Trinajstić information content (AvgIpc) is 3.36. The lowest BCUT2D eigenvalue weighted by Crippen LogP contribution is -2.30. The molecular weight excluding hydrogens is 396 g/mol. The zero-order valence-electron chi connectivity index (χ0n) is 15.0. The summed E-state index contributed by atoms with van der Waals surface area (Å²) >= 11 is 2.55. The molecule has 28 heavy (non-hydrogen) atoms. The number of aromatic hydroxyl groups is 1. The molecule has 3 aromatic rings. The number of carbonyl (C=O) groups is 2. The van der Waals surface area contributed by atoms with E-state index in [2.05, 4.69) is 4.98 Å². The second-order valence-corrected chi connectivity index (χ2v) is 8.51. The number of aryl methyl sites for hydroxylation is 2. The smallest absolute Gasteiger partial charge is 0.296 e. The molecule has 0 radical (unpaired) electrons. The highest BCUT2D eigenvalue weighted by molar-refractivity contribution is 7.16. The van der Waals surface area contributed by atoms with E-state index in [1.54, 1.807) is 29.6 Å². The highest BCUT2D eigenvalue weighted by Crippen LogP contribution is 2.44. The Labute approximate surface area is 169 Å². The summed E-state index contributed by atoms with van der Waals surface area (Å²) in [6, 6.07) is 8.84. The number of nitrogens with zero attached hydrogens (tertiary/aromatic N) is 2. The molecule has 1 atom stereocenters. The normalized spacial score (nSPS) is 16.9. The number of thiazole rings is 1. The number of ketones is 1. The van der Waals surface area contributed by atoms with Crippen LogP contribution in [0.15, 0.2) is 53.1 Å². The van der Waals surface area contributed by atoms with Crippen molar-refractivity contribution >= 4 is 39.5 Å². The number of anilines is 1. The molecule has 6 nitrogen and oxygen atoms in total. The fourth-order valence-electron chi connectivity index (χ4n) is 3.14. The SMILES string of the molecule is Cc1nc(N2C(=O)C(O)=C(C(=O)c3cccs3)[C@@H]2c2cccc(O)c2)sc1C. The van der Waals surface area contributed by atoms with Crippen molar-refractivity contribution in [1.82, 2.24) is 4.98 Å². The Hall–Kier alpha value is -2.97. The van der Waals surface area contributed by atoms with Crippen LogP contribution in [0.2, 0.25) is 0 Å². The van der Waals surface area contributed by atoms with Gasteiger partial charge in [0.05, 0.1) is 22.2 Å². The molecule has 0 unspecified atom stereocenters. The minimum absolute atomic E-state index is 0.00529. The van der Waals surface area contributed by atoms with E-state index < -0.39 is 23.5 Å². The van der Waals surface area contributed by atoms with E-state index >= 15 is 0 Å². The van der Waals surface area contributed by atoms with Gasteiger partial charge < -0.3 is 10.2 Å². The predicted molar refractivity (Wildman–Crippen MR) is 108 cm³/mol. The highest BCUT2D eigenvalue weighted by atomic mass is 32.1. The summed E-state index contributed by atoms with van der Waals surface area (Å²) in [6.07, 6.45) is 0. The third-order valence-corrected chi connectivity index (χ3v) is 6.55. The molecule has 8 heteroatoms. The van der Waals surface area contributed by atoms with E-state index in [9.17, 15) is 19.8 Å². The molecular formula is C20H16N2O4S2. The lowest BCUT2D eigenvalue weighted by atomic mass is 9.95. The van der Waals surface area contributed by atoms with Crippen LogP contribution >= 0.6 is 22.7 Å². The van der Waals surface area contributed by atoms with Gasteiger partial charge in [0.1, 0.15) is 5.75 Å². The molecule has 0 bridgehead atoms. The minimum Gasteiger partial charge on any atom is -0.508 e. The fraction of sp³-hybridized carbons (Fsp3) is 0.150. The van der Waals surface area contributed by atoms with E-state index in [4.69, 9.17) is 0 Å². The molecule has 2 aromatic heterocycles. The first-order chi connectivity index (χ1) is 13.4. The summed E-state index contributed by atoms with van der Waals surface area (Å²) in [6.45, 7) is 3.73. The maximum absolute atomic E-state index is 13.1. The van der Waals surface area contributed by atoms with Gasteiger partial charge in [0, 0.05) is 4.88 Å². The summed E-state index contributed by atoms with van der Waals surface area (Å²) in [5.74, 6) is -1.67. The number of aliphatic hydroxyl groups excluding tert-OH is 1. The van der Waals surface area contributed by atoms with E-state index in [1.165, 1.54) is 39.7 Å². The van der Waals surface area contributed by atoms with Crippen molar-refractivity contribution in [1.29, 1.82) is 0 Å². The van der Waals surface area contributed by atoms with Gasteiger partial charge in [-0.1, -0.05) is 18.2 Å². The molecule has 1 aromatic carbocycles. The topological polar surface area (TPSA) is 90.7 Å². The molecule has 1 aliphatic heterocycles. The first-order valence-electron chi connectivity index (χ1n) is 8.46. The maximum atomic E-state index is 13.1. The van der Waals surface area contributed by atoms with Crippen LogP contribution in [0, 0.1) is 13.8 Å². The molecule has 1 aliphatic rings. The van der Waals surface area contributed by atoms with Gasteiger partial charge in [-0.05, 0) is 43.0 Å². The van der Waals surface area contributed by atoms with Crippen LogP contribution < -0.4 is 4.90 Å². The van der Waals surface area contributed by atoms with E-state index in [0.717, 1.165) is 10.6 Å². The zero-order valence-corrected chi connectivity index (χ0v) is 16.7. The molecule has 1 amide bonds. The number of amides is 1. The van der Waals surface area contributed by atoms with Crippen LogP contribution in [-0.2, 0) is 4.79 Å². The van der Waals surface area contributed by atoms with Crippen molar-refractivity contribution in [3.63, 3.8) is 0 Å². The number of hydrogen-bond donors (Lipinski definition) is 2. The number of carbonyl (C=O) groups excluding carboxylic acids is 2. The van der Waals surface area contributed by atoms with Gasteiger partial charge in [0.25, 0.3) is 5.91 Å². The van der Waals surface area contributed by atoms with Gasteiger partial charge in [-0.2, -0.15) is 0 Å². The second-order valence-electron chi connectivity index (χ2n) is 6.38. The molecule has 0 fully saturated rings. The Bertz CT molecular complexity index is 1100. The van der Waals surface area contributed by atoms with Crippen molar-refractivity contribution in [2.45, 2.75) is 19.9 Å². The number of rotatable bonds is 4. The average molecular weight is 412 g/mol. The Morgan fingerprint density at radius 1 is 1.18 bits per heavy atom. The predicted octanol–water partition coefficient (Wildman–Crippen LogP) is 4.31. The lowest BCUT2D eigenvalue weighted by molar-refractivity contribution is -0.117. The summed E-state index contributed by atoms with van der Waals surface area (Å²) < 4.78 is 0. The summed E-state index contributed by atoms with van der Waals surface area (Å²) in [5, 5.41) is 22.7. The van der Waals surface area contributed by atoms with Crippen LogP contribution in [0.5, 0.6) is 5.75 Å². The fourth-order valence-corrected chi connectivity index (χ4v) is 4.76. The number of aliphatic hydroxyl groups is 1. The molecule has 2 N–H and O–H groups in total. The number of thiophene rings is 1. The number of Topliss-reactive ketones (excluding diaryl/α,β-unsaturated/α-hetero) is 1. The summed E-state index contributed by atoms with van der Waals surface area (Å²) in [7, 11) is 0. The number of aromatic nitrogens is 1. The van der Waals surface area contributed by atoms with E-state index in [-0.39, 0.29) is 11.3 Å². The standard InChI is InChI=1S/C20H16N2O4S2/c1-10-11(2)28-20(21-10)22-16(12-5-3-6-13(23)9-12)15(18(25)19(22)26)17(24)14-7-4-8-27-14/h3-9,16,23,25H,1-2H3/t16-/m0/s1. The highest BCUT2D eigenvalue weighted by Gasteiger charge is 2.46. The summed E-state index contributed by atoms with van der Waals surface area (Å²) in [4.78, 5) is 33.2. The van der Waals surface area contributed by atoms with Crippen LogP contribution in [0.4, 0.5) is 5.13 Å². The van der Waals surface area contributed by atoms with E-state index in [0.29, 0.717) is 15.6 Å². The largest absolute Gasteiger partial charge is 0.508 e. The van der Waals surface area contributed by atoms with Crippen LogP contribution in [0.25, 0.3) is 0 Å². The molecule has 0 aliphatic carbocycles. The summed E-state index contributed by atoms with van der Waals surface area (Å²) in [5.41, 5.74) is 1.28. The van der Waals surface area contributed by atoms with E-state index in [1.807, 2.05) is 13.8 Å². The Kier molecular flexibility index (Phi) is 4.52. The van der Waals surface area contributed by atoms with Gasteiger partial charge >= 0.3 is 0 Å². The van der Waals surface area contributed by atoms with Gasteiger partial charge in [-0.25, -0.2) is 4.98 Å². The number of benzene rings is 1. The lowest BCUT2D eigenvalue weighted by Gasteiger charge is -2.24. The molecule has 0 saturated heterocycles. The van der Waals surface area contributed by atoms with Crippen molar-refractivity contribution in [3.8, 4) is 5.75 Å². The number of phenols is 1. The quantitative estimate of drug-likeness (QED) is 0.623. The second kappa shape index (κ2) is 6.88. The first-order valence-corrected chi connectivity index (χ1v) is 10.2. The maximum Gasteiger partial charge on any atom is 0.296 e.